The molecule has 7 nitrogen and oxygen atoms in total. The van der Waals surface area contributed by atoms with E-state index in [4.69, 9.17) is 28.4 Å². The summed E-state index contributed by atoms with van der Waals surface area (Å²) in [5, 5.41) is 11.9. The molecule has 0 unspecified atom stereocenters. The van der Waals surface area contributed by atoms with Crippen molar-refractivity contribution < 1.29 is 33.5 Å². The van der Waals surface area contributed by atoms with Crippen LogP contribution in [0.4, 0.5) is 0 Å². The molecule has 5 aromatic rings. The van der Waals surface area contributed by atoms with Gasteiger partial charge in [-0.05, 0) is 57.2 Å². The SMILES string of the molecule is CCOCCO[C@H]1c2c(OCc3ccccc3)cc(OCc3ccccc3)c(Br)c2O[C@H](c2ccc(OCc3ccccc3)cc2)[C@@H]1O. The Bertz CT molecular complexity index is 1720. The van der Waals surface area contributed by atoms with Crippen LogP contribution in [-0.4, -0.2) is 31.0 Å². The maximum Gasteiger partial charge on any atom is 0.152 e. The molecule has 1 aliphatic rings. The van der Waals surface area contributed by atoms with Gasteiger partial charge in [0.1, 0.15) is 59.5 Å². The fraction of sp³-hybridized carbons (Fsp3) is 0.250. The zero-order valence-corrected chi connectivity index (χ0v) is 28.4. The maximum absolute atomic E-state index is 11.9. The summed E-state index contributed by atoms with van der Waals surface area (Å²) < 4.78 is 38.0. The van der Waals surface area contributed by atoms with Gasteiger partial charge in [0.25, 0.3) is 0 Å². The van der Waals surface area contributed by atoms with E-state index in [-0.39, 0.29) is 6.61 Å². The molecule has 0 bridgehead atoms. The average Bonchev–Trinajstić information content (AvgIpc) is 3.14. The van der Waals surface area contributed by atoms with Gasteiger partial charge in [0.05, 0.1) is 18.8 Å². The highest BCUT2D eigenvalue weighted by atomic mass is 79.9. The molecule has 3 atom stereocenters. The summed E-state index contributed by atoms with van der Waals surface area (Å²) in [6.07, 6.45) is -2.59. The van der Waals surface area contributed by atoms with Crippen LogP contribution in [0.15, 0.2) is 126 Å². The van der Waals surface area contributed by atoms with Gasteiger partial charge in [0.15, 0.2) is 6.10 Å². The summed E-state index contributed by atoms with van der Waals surface area (Å²) in [7, 11) is 0. The molecule has 1 heterocycles. The first-order valence-corrected chi connectivity index (χ1v) is 16.9. The first-order valence-electron chi connectivity index (χ1n) is 16.1. The summed E-state index contributed by atoms with van der Waals surface area (Å²) in [6.45, 7) is 4.27. The molecule has 0 aliphatic carbocycles. The van der Waals surface area contributed by atoms with Gasteiger partial charge in [-0.2, -0.15) is 0 Å². The van der Waals surface area contributed by atoms with Crippen molar-refractivity contribution >= 4 is 15.9 Å². The minimum Gasteiger partial charge on any atom is -0.489 e. The predicted octanol–water partition coefficient (Wildman–Crippen LogP) is 8.77. The van der Waals surface area contributed by atoms with E-state index in [0.717, 1.165) is 22.3 Å². The Morgan fingerprint density at radius 1 is 0.667 bits per heavy atom. The molecule has 0 aromatic heterocycles. The highest BCUT2D eigenvalue weighted by molar-refractivity contribution is 9.10. The van der Waals surface area contributed by atoms with Crippen LogP contribution in [0.3, 0.4) is 0 Å². The van der Waals surface area contributed by atoms with Gasteiger partial charge in [-0.15, -0.1) is 0 Å². The van der Waals surface area contributed by atoms with Crippen molar-refractivity contribution in [3.8, 4) is 23.0 Å². The lowest BCUT2D eigenvalue weighted by Crippen LogP contribution is -2.37. The van der Waals surface area contributed by atoms with Crippen molar-refractivity contribution in [2.45, 2.75) is 45.1 Å². The van der Waals surface area contributed by atoms with Crippen LogP contribution in [0.25, 0.3) is 0 Å². The Kier molecular flexibility index (Phi) is 11.6. The Labute approximate surface area is 290 Å². The topological polar surface area (TPSA) is 75.6 Å². The lowest BCUT2D eigenvalue weighted by molar-refractivity contribution is -0.111. The average molecular weight is 712 g/mol. The van der Waals surface area contributed by atoms with E-state index in [1.165, 1.54) is 0 Å². The molecule has 5 aromatic carbocycles. The molecule has 0 radical (unpaired) electrons. The molecule has 8 heteroatoms. The van der Waals surface area contributed by atoms with Gasteiger partial charge in [0.2, 0.25) is 0 Å². The van der Waals surface area contributed by atoms with E-state index in [2.05, 4.69) is 15.9 Å². The number of rotatable bonds is 15. The second-order valence-electron chi connectivity index (χ2n) is 11.3. The summed E-state index contributed by atoms with van der Waals surface area (Å²) in [5.74, 6) is 2.26. The molecule has 0 saturated heterocycles. The summed E-state index contributed by atoms with van der Waals surface area (Å²) in [6, 6.07) is 39.3. The van der Waals surface area contributed by atoms with Crippen LogP contribution in [0.1, 0.15) is 46.9 Å². The van der Waals surface area contributed by atoms with Crippen molar-refractivity contribution in [3.63, 3.8) is 0 Å². The predicted molar refractivity (Wildman–Crippen MR) is 187 cm³/mol. The second-order valence-corrected chi connectivity index (χ2v) is 12.1. The fourth-order valence-electron chi connectivity index (χ4n) is 5.53. The lowest BCUT2D eigenvalue weighted by Gasteiger charge is -2.38. The monoisotopic (exact) mass is 710 g/mol. The summed E-state index contributed by atoms with van der Waals surface area (Å²) in [5.41, 5.74) is 4.48. The van der Waals surface area contributed by atoms with Gasteiger partial charge >= 0.3 is 0 Å². The van der Waals surface area contributed by atoms with Crippen LogP contribution in [0, 0.1) is 0 Å². The Balaban J connectivity index is 1.33. The number of ether oxygens (including phenoxy) is 6. The zero-order valence-electron chi connectivity index (χ0n) is 26.8. The normalized spacial score (nSPS) is 16.9. The second kappa shape index (κ2) is 16.7. The number of fused-ring (bicyclic) bond motifs is 1. The maximum atomic E-state index is 11.9. The van der Waals surface area contributed by atoms with Crippen molar-refractivity contribution in [2.75, 3.05) is 19.8 Å². The lowest BCUT2D eigenvalue weighted by atomic mass is 9.91. The van der Waals surface area contributed by atoms with Crippen LogP contribution < -0.4 is 18.9 Å². The Morgan fingerprint density at radius 2 is 1.21 bits per heavy atom. The third-order valence-corrected chi connectivity index (χ3v) is 8.75. The van der Waals surface area contributed by atoms with Crippen LogP contribution in [0.2, 0.25) is 0 Å². The minimum atomic E-state index is -1.06. The third kappa shape index (κ3) is 8.38. The van der Waals surface area contributed by atoms with E-state index >= 15 is 0 Å². The fourth-order valence-corrected chi connectivity index (χ4v) is 6.06. The molecule has 0 spiro atoms. The van der Waals surface area contributed by atoms with Gasteiger partial charge < -0.3 is 33.5 Å². The number of hydrogen-bond donors (Lipinski definition) is 1. The number of aliphatic hydroxyl groups is 1. The molecular weight excluding hydrogens is 672 g/mol. The summed E-state index contributed by atoms with van der Waals surface area (Å²) in [4.78, 5) is 0. The molecule has 248 valence electrons. The molecule has 1 aliphatic heterocycles. The Morgan fingerprint density at radius 3 is 1.77 bits per heavy atom. The first-order chi connectivity index (χ1) is 23.6. The highest BCUT2D eigenvalue weighted by Crippen LogP contribution is 2.53. The van der Waals surface area contributed by atoms with Gasteiger partial charge in [-0.25, -0.2) is 0 Å². The number of hydrogen-bond acceptors (Lipinski definition) is 7. The molecule has 1 N–H and O–H groups in total. The first kappa shape index (κ1) is 33.6. The van der Waals surface area contributed by atoms with E-state index in [9.17, 15) is 5.11 Å². The third-order valence-electron chi connectivity index (χ3n) is 8.00. The van der Waals surface area contributed by atoms with Crippen molar-refractivity contribution in [1.82, 2.24) is 0 Å². The molecule has 48 heavy (non-hydrogen) atoms. The molecule has 6 rings (SSSR count). The zero-order chi connectivity index (χ0) is 33.1. The van der Waals surface area contributed by atoms with Gasteiger partial charge in [0, 0.05) is 12.7 Å². The Hall–Kier alpha value is -4.34. The van der Waals surface area contributed by atoms with E-state index in [1.807, 2.05) is 128 Å². The van der Waals surface area contributed by atoms with Crippen molar-refractivity contribution in [3.05, 3.63) is 154 Å². The van der Waals surface area contributed by atoms with E-state index in [1.54, 1.807) is 0 Å². The minimum absolute atomic E-state index is 0.274. The number of aliphatic hydroxyl groups excluding tert-OH is 1. The van der Waals surface area contributed by atoms with Crippen molar-refractivity contribution in [2.24, 2.45) is 0 Å². The van der Waals surface area contributed by atoms with E-state index < -0.39 is 18.3 Å². The highest BCUT2D eigenvalue weighted by Gasteiger charge is 2.43. The van der Waals surface area contributed by atoms with Gasteiger partial charge in [-0.3, -0.25) is 0 Å². The van der Waals surface area contributed by atoms with E-state index in [0.29, 0.717) is 66.1 Å². The molecular formula is C40H39BrO7. The molecule has 0 amide bonds. The quantitative estimate of drug-likeness (QED) is 0.109. The largest absolute Gasteiger partial charge is 0.489 e. The van der Waals surface area contributed by atoms with Crippen LogP contribution in [0.5, 0.6) is 23.0 Å². The molecule has 0 fully saturated rings. The smallest absolute Gasteiger partial charge is 0.152 e. The van der Waals surface area contributed by atoms with Crippen molar-refractivity contribution in [1.29, 1.82) is 0 Å². The molecule has 0 saturated carbocycles. The number of halogens is 1. The van der Waals surface area contributed by atoms with Crippen LogP contribution in [-0.2, 0) is 29.3 Å². The summed E-state index contributed by atoms with van der Waals surface area (Å²) >= 11 is 3.78. The number of benzene rings is 5. The van der Waals surface area contributed by atoms with Gasteiger partial charge in [-0.1, -0.05) is 103 Å². The standard InChI is InChI=1S/C40H39BrO7/c1-2-43-22-23-44-40-35-33(46-26-29-14-8-4-9-15-29)24-34(47-27-30-16-10-5-11-17-30)36(41)39(35)48-38(37(40)42)31-18-20-32(21-19-31)45-25-28-12-6-3-7-13-28/h3-21,24,37-38,40,42H,2,22-23,25-27H2,1H3/t37-,38+,40-/m0/s1. The van der Waals surface area contributed by atoms with Crippen LogP contribution >= 0.6 is 15.9 Å².